The van der Waals surface area contributed by atoms with E-state index in [2.05, 4.69) is 69.3 Å². The largest absolute Gasteiger partial charge is 0.533 e. The number of rotatable bonds is 25. The molecule has 9 aromatic rings. The Hall–Kier alpha value is -7.93. The number of benzene rings is 9. The summed E-state index contributed by atoms with van der Waals surface area (Å²) in [6.07, 6.45) is -4.29. The molecule has 0 aromatic heterocycles. The van der Waals surface area contributed by atoms with Crippen LogP contribution in [0.1, 0.15) is 83.1 Å². The summed E-state index contributed by atoms with van der Waals surface area (Å²) in [5.41, 5.74) is 6.43. The summed E-state index contributed by atoms with van der Waals surface area (Å²) >= 11 is 0. The fourth-order valence-corrected chi connectivity index (χ4v) is 15.3. The van der Waals surface area contributed by atoms with E-state index in [0.717, 1.165) is 43.8 Å². The molecule has 3 unspecified atom stereocenters. The minimum Gasteiger partial charge on any atom is -0.533 e. The van der Waals surface area contributed by atoms with Gasteiger partial charge in [0.15, 0.2) is 5.78 Å². The molecule has 10 heteroatoms. The Balaban J connectivity index is 1.22. The molecule has 5 atom stereocenters. The Morgan fingerprint density at radius 3 is 1.22 bits per heavy atom. The van der Waals surface area contributed by atoms with Crippen molar-refractivity contribution in [3.8, 4) is 17.2 Å². The van der Waals surface area contributed by atoms with E-state index in [4.69, 9.17) is 37.6 Å². The molecular formula is C72H72O9Si. The van der Waals surface area contributed by atoms with Crippen molar-refractivity contribution in [2.45, 2.75) is 103 Å². The number of carbonyl (C=O) groups excluding carboxylic acids is 1. The maximum atomic E-state index is 15.2. The predicted octanol–water partition coefficient (Wildman–Crippen LogP) is 14.4. The Morgan fingerprint density at radius 1 is 0.439 bits per heavy atom. The smallest absolute Gasteiger partial charge is 0.319 e. The molecule has 1 fully saturated rings. The molecule has 0 aliphatic carbocycles. The molecule has 82 heavy (non-hydrogen) atoms. The van der Waals surface area contributed by atoms with Crippen LogP contribution in [0.4, 0.5) is 0 Å². The van der Waals surface area contributed by atoms with E-state index in [0.29, 0.717) is 23.7 Å². The molecule has 0 bridgehead atoms. The molecule has 0 spiro atoms. The Kier molecular flexibility index (Phi) is 19.4. The first-order valence-corrected chi connectivity index (χ1v) is 30.1. The lowest BCUT2D eigenvalue weighted by Gasteiger charge is -2.47. The highest BCUT2D eigenvalue weighted by Gasteiger charge is 2.54. The number of ether oxygens (including phenoxy) is 7. The second-order valence-electron chi connectivity index (χ2n) is 21.7. The molecule has 0 radical (unpaired) electrons. The van der Waals surface area contributed by atoms with Crippen LogP contribution in [0.25, 0.3) is 0 Å². The summed E-state index contributed by atoms with van der Waals surface area (Å²) in [7, 11) is -3.43. The fourth-order valence-electron chi connectivity index (χ4n) is 10.9. The van der Waals surface area contributed by atoms with E-state index in [1.807, 2.05) is 200 Å². The average Bonchev–Trinajstić information content (AvgIpc) is 1.57. The van der Waals surface area contributed by atoms with Gasteiger partial charge in [0.05, 0.1) is 38.6 Å². The third-order valence-electron chi connectivity index (χ3n) is 14.9. The second-order valence-corrected chi connectivity index (χ2v) is 26.0. The average molecular weight is 1110 g/mol. The van der Waals surface area contributed by atoms with Crippen LogP contribution in [0.5, 0.6) is 17.2 Å². The van der Waals surface area contributed by atoms with E-state index in [-0.39, 0.29) is 56.7 Å². The second kappa shape index (κ2) is 27.7. The highest BCUT2D eigenvalue weighted by atomic mass is 28.4. The van der Waals surface area contributed by atoms with Gasteiger partial charge in [-0.15, -0.1) is 0 Å². The van der Waals surface area contributed by atoms with Gasteiger partial charge in [0, 0.05) is 6.07 Å². The predicted molar refractivity (Wildman–Crippen MR) is 325 cm³/mol. The maximum Gasteiger partial charge on any atom is 0.319 e. The van der Waals surface area contributed by atoms with Crippen LogP contribution in [0.2, 0.25) is 5.04 Å². The third-order valence-corrected chi connectivity index (χ3v) is 19.8. The molecule has 0 saturated carbocycles. The summed E-state index contributed by atoms with van der Waals surface area (Å²) in [4.78, 5) is 15.2. The van der Waals surface area contributed by atoms with Crippen LogP contribution < -0.4 is 24.3 Å². The van der Waals surface area contributed by atoms with Gasteiger partial charge in [0.1, 0.15) is 66.5 Å². The Labute approximate surface area is 484 Å². The molecule has 1 aliphatic heterocycles. The van der Waals surface area contributed by atoms with E-state index < -0.39 is 43.9 Å². The molecule has 0 amide bonds. The highest BCUT2D eigenvalue weighted by Crippen LogP contribution is 2.51. The zero-order valence-corrected chi connectivity index (χ0v) is 48.2. The molecule has 1 saturated heterocycles. The maximum absolute atomic E-state index is 15.2. The van der Waals surface area contributed by atoms with Gasteiger partial charge in [-0.25, -0.2) is 0 Å². The van der Waals surface area contributed by atoms with Gasteiger partial charge in [-0.2, -0.15) is 0 Å². The van der Waals surface area contributed by atoms with Gasteiger partial charge in [-0.3, -0.25) is 4.79 Å². The highest BCUT2D eigenvalue weighted by molar-refractivity contribution is 7.00. The van der Waals surface area contributed by atoms with E-state index >= 15 is 4.79 Å². The normalized spacial score (nSPS) is 17.2. The standard InChI is InChI=1S/C72H72O9Si/c1-53(73)65-63(81-82(72(2,3)4,60-41-25-11-26-42-60)61-43-27-12-28-44-61)45-62(75-47-55-31-15-6-16-32-55)66(68(65)77-49-57-35-19-8-20-36-57)69-71(79-51-59-39-23-10-24-40-59)70(78-50-58-37-21-9-22-38-58)67(76-48-56-33-17-7-18-34-56)64(80-69)52-74-46-54-29-13-5-14-30-54/h5-45,64,67,69-71H,46-52H2,1-4H3/t64?,67-,69+,70?,71?/m1/s1. The van der Waals surface area contributed by atoms with Crippen molar-refractivity contribution in [1.29, 1.82) is 0 Å². The quantitative estimate of drug-likeness (QED) is 0.0410. The van der Waals surface area contributed by atoms with Crippen molar-refractivity contribution in [1.82, 2.24) is 0 Å². The van der Waals surface area contributed by atoms with Gasteiger partial charge in [0.25, 0.3) is 0 Å². The van der Waals surface area contributed by atoms with E-state index in [1.54, 1.807) is 6.92 Å². The SMILES string of the molecule is CC(=O)c1c(O[Si](c2ccccc2)(c2ccccc2)C(C)(C)C)cc(OCc2ccccc2)c([C@@H]2OC(COCc3ccccc3)[C@@H](OCc3ccccc3)C(OCc3ccccc3)C2OCc2ccccc2)c1OCc1ccccc1. The van der Waals surface area contributed by atoms with Crippen molar-refractivity contribution in [2.75, 3.05) is 6.61 Å². The topological polar surface area (TPSA) is 90.9 Å². The van der Waals surface area contributed by atoms with E-state index in [9.17, 15) is 0 Å². The van der Waals surface area contributed by atoms with E-state index in [1.165, 1.54) is 0 Å². The molecule has 0 N–H and O–H groups in total. The Bertz CT molecular complexity index is 3330. The summed E-state index contributed by atoms with van der Waals surface area (Å²) in [5.74, 6) is 0.700. The number of ketones is 1. The molecule has 10 rings (SSSR count). The van der Waals surface area contributed by atoms with Crippen molar-refractivity contribution >= 4 is 24.5 Å². The number of hydrogen-bond acceptors (Lipinski definition) is 9. The van der Waals surface area contributed by atoms with Crippen LogP contribution in [-0.4, -0.2) is 45.1 Å². The zero-order chi connectivity index (χ0) is 56.6. The monoisotopic (exact) mass is 1110 g/mol. The number of carbonyl (C=O) groups is 1. The number of hydrogen-bond donors (Lipinski definition) is 0. The molecule has 9 aromatic carbocycles. The van der Waals surface area contributed by atoms with Gasteiger partial charge in [-0.1, -0.05) is 263 Å². The van der Waals surface area contributed by atoms with Gasteiger partial charge in [-0.05, 0) is 55.7 Å². The first-order valence-electron chi connectivity index (χ1n) is 28.2. The van der Waals surface area contributed by atoms with Crippen LogP contribution in [-0.2, 0) is 63.3 Å². The molecule has 418 valence electrons. The Morgan fingerprint density at radius 2 is 0.805 bits per heavy atom. The van der Waals surface area contributed by atoms with Gasteiger partial charge in [0.2, 0.25) is 0 Å². The van der Waals surface area contributed by atoms with Gasteiger partial charge < -0.3 is 37.6 Å². The molecular weight excluding hydrogens is 1040 g/mol. The lowest BCUT2D eigenvalue weighted by Crippen LogP contribution is -2.69. The zero-order valence-electron chi connectivity index (χ0n) is 47.2. The minimum absolute atomic E-state index is 0.0948. The lowest BCUT2D eigenvalue weighted by atomic mass is 9.88. The van der Waals surface area contributed by atoms with Crippen LogP contribution in [0.15, 0.2) is 249 Å². The first-order chi connectivity index (χ1) is 40.1. The summed E-state index contributed by atoms with van der Waals surface area (Å²) in [6.45, 7) is 9.58. The lowest BCUT2D eigenvalue weighted by molar-refractivity contribution is -0.275. The van der Waals surface area contributed by atoms with Crippen molar-refractivity contribution in [3.05, 3.63) is 293 Å². The van der Waals surface area contributed by atoms with Crippen molar-refractivity contribution in [2.24, 2.45) is 0 Å². The summed E-state index contributed by atoms with van der Waals surface area (Å²) in [5, 5.41) is 1.59. The van der Waals surface area contributed by atoms with Crippen LogP contribution in [0, 0.1) is 0 Å². The first kappa shape index (κ1) is 57.3. The van der Waals surface area contributed by atoms with Crippen molar-refractivity contribution < 1.29 is 42.4 Å². The fraction of sp³-hybridized carbons (Fsp3) is 0.236. The molecule has 1 aliphatic rings. The van der Waals surface area contributed by atoms with Crippen LogP contribution >= 0.6 is 0 Å². The minimum atomic E-state index is -3.43. The summed E-state index contributed by atoms with van der Waals surface area (Å²) in [6, 6.07) is 83.0. The third kappa shape index (κ3) is 14.0. The summed E-state index contributed by atoms with van der Waals surface area (Å²) < 4.78 is 58.6. The van der Waals surface area contributed by atoms with Crippen LogP contribution in [0.3, 0.4) is 0 Å². The number of Topliss-reactive ketones (excluding diaryl/α,β-unsaturated/α-hetero) is 1. The molecule has 9 nitrogen and oxygen atoms in total. The van der Waals surface area contributed by atoms with Gasteiger partial charge >= 0.3 is 8.32 Å². The molecule has 1 heterocycles. The van der Waals surface area contributed by atoms with Crippen molar-refractivity contribution in [3.63, 3.8) is 0 Å².